The molecule has 0 aromatic heterocycles. The average Bonchev–Trinajstić information content (AvgIpc) is 2.84. The number of aromatic hydroxyl groups is 1. The number of aliphatic hydroxyl groups is 1. The molecule has 6 atom stereocenters. The van der Waals surface area contributed by atoms with Crippen molar-refractivity contribution >= 4 is 0 Å². The summed E-state index contributed by atoms with van der Waals surface area (Å²) in [6, 6.07) is 5.60. The second-order valence-electron chi connectivity index (χ2n) is 7.91. The van der Waals surface area contributed by atoms with E-state index in [1.165, 1.54) is 31.2 Å². The molecule has 1 aromatic rings. The summed E-state index contributed by atoms with van der Waals surface area (Å²) in [5.41, 5.74) is 2.62. The van der Waals surface area contributed by atoms with Gasteiger partial charge in [0.1, 0.15) is 5.75 Å². The van der Waals surface area contributed by atoms with Gasteiger partial charge in [-0.15, -0.1) is 6.58 Å². The van der Waals surface area contributed by atoms with Gasteiger partial charge < -0.3 is 10.2 Å². The van der Waals surface area contributed by atoms with Gasteiger partial charge in [-0.05, 0) is 84.5 Å². The van der Waals surface area contributed by atoms with E-state index in [0.717, 1.165) is 12.0 Å². The summed E-state index contributed by atoms with van der Waals surface area (Å²) in [4.78, 5) is 0. The van der Waals surface area contributed by atoms with E-state index < -0.39 is 6.10 Å². The SMILES string of the molecule is C=CC1CCC2C3CC(O)c4cc(O)ccc4C3CCC12C. The van der Waals surface area contributed by atoms with Gasteiger partial charge in [0, 0.05) is 0 Å². The number of aliphatic hydroxyl groups excluding tert-OH is 1. The van der Waals surface area contributed by atoms with Gasteiger partial charge in [0.05, 0.1) is 6.10 Å². The quantitative estimate of drug-likeness (QED) is 0.747. The zero-order chi connectivity index (χ0) is 15.5. The van der Waals surface area contributed by atoms with Crippen LogP contribution in [0.5, 0.6) is 5.75 Å². The van der Waals surface area contributed by atoms with Crippen LogP contribution in [0, 0.1) is 23.2 Å². The van der Waals surface area contributed by atoms with Crippen LogP contribution in [0.15, 0.2) is 30.9 Å². The van der Waals surface area contributed by atoms with Gasteiger partial charge in [-0.1, -0.05) is 19.1 Å². The topological polar surface area (TPSA) is 40.5 Å². The monoisotopic (exact) mass is 298 g/mol. The Hall–Kier alpha value is -1.28. The van der Waals surface area contributed by atoms with E-state index >= 15 is 0 Å². The highest BCUT2D eigenvalue weighted by molar-refractivity contribution is 5.41. The van der Waals surface area contributed by atoms with E-state index in [9.17, 15) is 10.2 Å². The lowest BCUT2D eigenvalue weighted by molar-refractivity contribution is 0.00646. The van der Waals surface area contributed by atoms with E-state index in [1.807, 2.05) is 6.07 Å². The van der Waals surface area contributed by atoms with Gasteiger partial charge in [-0.3, -0.25) is 0 Å². The number of hydrogen-bond donors (Lipinski definition) is 2. The number of phenolic OH excluding ortho intramolecular Hbond substituents is 1. The van der Waals surface area contributed by atoms with E-state index in [2.05, 4.69) is 19.6 Å². The molecule has 22 heavy (non-hydrogen) atoms. The highest BCUT2D eigenvalue weighted by Gasteiger charge is 2.54. The largest absolute Gasteiger partial charge is 0.508 e. The maximum atomic E-state index is 10.6. The molecule has 0 spiro atoms. The summed E-state index contributed by atoms with van der Waals surface area (Å²) in [6.45, 7) is 6.52. The Morgan fingerprint density at radius 1 is 1.23 bits per heavy atom. The van der Waals surface area contributed by atoms with Crippen molar-refractivity contribution in [3.8, 4) is 5.75 Å². The predicted molar refractivity (Wildman–Crippen MR) is 87.7 cm³/mol. The number of phenols is 1. The maximum absolute atomic E-state index is 10.6. The molecule has 0 bridgehead atoms. The normalized spacial score (nSPS) is 43.1. The van der Waals surface area contributed by atoms with Crippen LogP contribution in [0.4, 0.5) is 0 Å². The maximum Gasteiger partial charge on any atom is 0.115 e. The van der Waals surface area contributed by atoms with Crippen molar-refractivity contribution in [1.82, 2.24) is 0 Å². The van der Waals surface area contributed by atoms with E-state index in [0.29, 0.717) is 29.1 Å². The molecule has 2 nitrogen and oxygen atoms in total. The first kappa shape index (κ1) is 14.3. The van der Waals surface area contributed by atoms with Crippen molar-refractivity contribution < 1.29 is 10.2 Å². The predicted octanol–water partition coefficient (Wildman–Crippen LogP) is 4.54. The molecule has 2 N–H and O–H groups in total. The molecule has 1 aromatic carbocycles. The lowest BCUT2D eigenvalue weighted by atomic mass is 9.54. The summed E-state index contributed by atoms with van der Waals surface area (Å²) in [6.07, 6.45) is 7.59. The molecule has 118 valence electrons. The number of hydrogen-bond acceptors (Lipinski definition) is 2. The third-order valence-electron chi connectivity index (χ3n) is 7.12. The lowest BCUT2D eigenvalue weighted by Gasteiger charge is -2.51. The van der Waals surface area contributed by atoms with Crippen molar-refractivity contribution in [1.29, 1.82) is 0 Å². The summed E-state index contributed by atoms with van der Waals surface area (Å²) in [5, 5.41) is 20.4. The fourth-order valence-corrected chi connectivity index (χ4v) is 6.00. The van der Waals surface area contributed by atoms with E-state index in [-0.39, 0.29) is 5.75 Å². The molecule has 6 unspecified atom stereocenters. The second kappa shape index (κ2) is 4.86. The van der Waals surface area contributed by atoms with Crippen LogP contribution < -0.4 is 0 Å². The number of rotatable bonds is 1. The molecule has 3 aliphatic carbocycles. The molecule has 0 radical (unpaired) electrons. The van der Waals surface area contributed by atoms with Crippen LogP contribution in [0.1, 0.15) is 62.2 Å². The minimum absolute atomic E-state index is 0.268. The third-order valence-corrected chi connectivity index (χ3v) is 7.12. The number of allylic oxidation sites excluding steroid dienone is 1. The lowest BCUT2D eigenvalue weighted by Crippen LogP contribution is -2.42. The minimum atomic E-state index is -0.423. The summed E-state index contributed by atoms with van der Waals surface area (Å²) < 4.78 is 0. The first-order valence-electron chi connectivity index (χ1n) is 8.68. The Kier molecular flexibility index (Phi) is 3.16. The number of benzene rings is 1. The highest BCUT2D eigenvalue weighted by Crippen LogP contribution is 2.64. The van der Waals surface area contributed by atoms with Crippen LogP contribution in [0.3, 0.4) is 0 Å². The minimum Gasteiger partial charge on any atom is -0.508 e. The van der Waals surface area contributed by atoms with Crippen LogP contribution in [-0.2, 0) is 0 Å². The highest BCUT2D eigenvalue weighted by atomic mass is 16.3. The molecule has 2 fully saturated rings. The molecule has 3 aliphatic rings. The first-order chi connectivity index (χ1) is 10.5. The molecule has 0 aliphatic heterocycles. The molecule has 2 heteroatoms. The Bertz CT molecular complexity index is 608. The van der Waals surface area contributed by atoms with Gasteiger partial charge >= 0.3 is 0 Å². The zero-order valence-electron chi connectivity index (χ0n) is 13.3. The Balaban J connectivity index is 1.74. The Morgan fingerprint density at radius 2 is 2.05 bits per heavy atom. The average molecular weight is 298 g/mol. The smallest absolute Gasteiger partial charge is 0.115 e. The van der Waals surface area contributed by atoms with Gasteiger partial charge in [-0.25, -0.2) is 0 Å². The number of fused-ring (bicyclic) bond motifs is 5. The van der Waals surface area contributed by atoms with Gasteiger partial charge in [-0.2, -0.15) is 0 Å². The van der Waals surface area contributed by atoms with Crippen molar-refractivity contribution in [3.05, 3.63) is 42.0 Å². The Labute approximate surface area is 132 Å². The summed E-state index contributed by atoms with van der Waals surface area (Å²) in [7, 11) is 0. The van der Waals surface area contributed by atoms with Crippen molar-refractivity contribution in [2.75, 3.05) is 0 Å². The van der Waals surface area contributed by atoms with Crippen LogP contribution >= 0.6 is 0 Å². The molecule has 0 heterocycles. The molecule has 4 rings (SSSR count). The van der Waals surface area contributed by atoms with Gasteiger partial charge in [0.25, 0.3) is 0 Å². The third kappa shape index (κ3) is 1.83. The first-order valence-corrected chi connectivity index (χ1v) is 8.68. The van der Waals surface area contributed by atoms with Crippen LogP contribution in [0.25, 0.3) is 0 Å². The summed E-state index contributed by atoms with van der Waals surface area (Å²) >= 11 is 0. The van der Waals surface area contributed by atoms with Crippen molar-refractivity contribution in [2.24, 2.45) is 23.2 Å². The molecular weight excluding hydrogens is 272 g/mol. The molecule has 0 saturated heterocycles. The van der Waals surface area contributed by atoms with Crippen LogP contribution in [-0.4, -0.2) is 10.2 Å². The van der Waals surface area contributed by atoms with E-state index in [1.54, 1.807) is 12.1 Å². The standard InChI is InChI=1S/C20H26O2/c1-3-12-4-7-18-16-11-19(22)17-10-13(21)5-6-14(17)15(16)8-9-20(12,18)2/h3,5-6,10,12,15-16,18-19,21-22H,1,4,7-9,11H2,2H3. The summed E-state index contributed by atoms with van der Waals surface area (Å²) in [5.74, 6) is 2.74. The molecular formula is C20H26O2. The van der Waals surface area contributed by atoms with Gasteiger partial charge in [0.15, 0.2) is 0 Å². The fourth-order valence-electron chi connectivity index (χ4n) is 6.00. The molecule has 0 amide bonds. The fraction of sp³-hybridized carbons (Fsp3) is 0.600. The Morgan fingerprint density at radius 3 is 2.82 bits per heavy atom. The second-order valence-corrected chi connectivity index (χ2v) is 7.91. The van der Waals surface area contributed by atoms with Crippen molar-refractivity contribution in [3.63, 3.8) is 0 Å². The molecule has 2 saturated carbocycles. The van der Waals surface area contributed by atoms with Crippen LogP contribution in [0.2, 0.25) is 0 Å². The van der Waals surface area contributed by atoms with Gasteiger partial charge in [0.2, 0.25) is 0 Å². The van der Waals surface area contributed by atoms with Crippen molar-refractivity contribution in [2.45, 2.75) is 51.0 Å². The van der Waals surface area contributed by atoms with E-state index in [4.69, 9.17) is 0 Å². The zero-order valence-corrected chi connectivity index (χ0v) is 13.3.